The number of ketones is 1. The molecule has 3 aromatic rings. The number of aromatic nitrogens is 2. The molecule has 0 aliphatic heterocycles. The number of aromatic hydroxyl groups is 1. The molecule has 0 amide bonds. The zero-order chi connectivity index (χ0) is 15.5. The fourth-order valence-corrected chi connectivity index (χ4v) is 2.16. The van der Waals surface area contributed by atoms with Crippen molar-refractivity contribution in [3.05, 3.63) is 59.8 Å². The lowest BCUT2D eigenvalue weighted by Gasteiger charge is -2.09. The maximum Gasteiger partial charge on any atom is 0.244 e. The van der Waals surface area contributed by atoms with E-state index in [0.717, 1.165) is 0 Å². The quantitative estimate of drug-likeness (QED) is 0.749. The molecule has 110 valence electrons. The van der Waals surface area contributed by atoms with Crippen LogP contribution in [0.2, 0.25) is 0 Å². The zero-order valence-corrected chi connectivity index (χ0v) is 12.0. The van der Waals surface area contributed by atoms with E-state index in [9.17, 15) is 9.90 Å². The number of phenolic OH excluding ortho intramolecular Hbond substituents is 1. The molecule has 22 heavy (non-hydrogen) atoms. The molecule has 1 heterocycles. The molecule has 0 radical (unpaired) electrons. The number of hydrogen-bond donors (Lipinski definition) is 1. The summed E-state index contributed by atoms with van der Waals surface area (Å²) in [6.07, 6.45) is 0. The molecule has 0 saturated carbocycles. The van der Waals surface area contributed by atoms with Gasteiger partial charge in [-0.1, -0.05) is 24.3 Å². The fraction of sp³-hybridized carbons (Fsp3) is 0.118. The summed E-state index contributed by atoms with van der Waals surface area (Å²) in [7, 11) is 0. The molecular weight excluding hydrogens is 280 g/mol. The average molecular weight is 294 g/mol. The van der Waals surface area contributed by atoms with Crippen molar-refractivity contribution in [3.63, 3.8) is 0 Å². The van der Waals surface area contributed by atoms with Crippen LogP contribution in [-0.2, 0) is 0 Å². The molecule has 3 rings (SSSR count). The second-order valence-electron chi connectivity index (χ2n) is 4.65. The molecule has 0 unspecified atom stereocenters. The first-order valence-corrected chi connectivity index (χ1v) is 6.93. The molecule has 1 N–H and O–H groups in total. The first kappa shape index (κ1) is 14.0. The van der Waals surface area contributed by atoms with E-state index in [1.54, 1.807) is 30.3 Å². The van der Waals surface area contributed by atoms with Crippen LogP contribution in [0.1, 0.15) is 23.0 Å². The van der Waals surface area contributed by atoms with E-state index in [1.165, 1.54) is 6.07 Å². The Balaban J connectivity index is 2.18. The zero-order valence-electron chi connectivity index (χ0n) is 12.0. The molecule has 0 atom stereocenters. The van der Waals surface area contributed by atoms with Crippen LogP contribution in [0.4, 0.5) is 0 Å². The van der Waals surface area contributed by atoms with Gasteiger partial charge in [0.1, 0.15) is 5.75 Å². The van der Waals surface area contributed by atoms with Crippen molar-refractivity contribution in [2.75, 3.05) is 6.61 Å². The summed E-state index contributed by atoms with van der Waals surface area (Å²) in [6.45, 7) is 2.18. The average Bonchev–Trinajstić information content (AvgIpc) is 2.54. The minimum Gasteiger partial charge on any atom is -0.507 e. The number of ether oxygens (including phenoxy) is 1. The Bertz CT molecular complexity index is 846. The van der Waals surface area contributed by atoms with E-state index in [1.807, 2.05) is 19.1 Å². The molecule has 5 nitrogen and oxygen atoms in total. The number of carbonyl (C=O) groups is 1. The Kier molecular flexibility index (Phi) is 3.70. The smallest absolute Gasteiger partial charge is 0.244 e. The second kappa shape index (κ2) is 5.81. The van der Waals surface area contributed by atoms with Crippen LogP contribution in [0.3, 0.4) is 0 Å². The van der Waals surface area contributed by atoms with E-state index in [-0.39, 0.29) is 22.9 Å². The molecule has 0 aliphatic rings. The molecule has 2 aromatic carbocycles. The van der Waals surface area contributed by atoms with Crippen LogP contribution in [0.15, 0.2) is 48.5 Å². The summed E-state index contributed by atoms with van der Waals surface area (Å²) in [5.41, 5.74) is 1.53. The lowest BCUT2D eigenvalue weighted by Crippen LogP contribution is -2.10. The molecule has 5 heteroatoms. The molecule has 0 fully saturated rings. The van der Waals surface area contributed by atoms with Crippen LogP contribution in [0.5, 0.6) is 11.6 Å². The Hall–Kier alpha value is -2.95. The van der Waals surface area contributed by atoms with E-state index < -0.39 is 5.78 Å². The van der Waals surface area contributed by atoms with Crippen LogP contribution >= 0.6 is 0 Å². The number of carbonyl (C=O) groups excluding carboxylic acids is 1. The third-order valence-electron chi connectivity index (χ3n) is 3.18. The van der Waals surface area contributed by atoms with Crippen molar-refractivity contribution in [3.8, 4) is 11.6 Å². The van der Waals surface area contributed by atoms with Crippen molar-refractivity contribution in [1.82, 2.24) is 9.97 Å². The van der Waals surface area contributed by atoms with Crippen molar-refractivity contribution in [1.29, 1.82) is 0 Å². The fourth-order valence-electron chi connectivity index (χ4n) is 2.16. The van der Waals surface area contributed by atoms with Gasteiger partial charge in [0.25, 0.3) is 0 Å². The number of benzene rings is 2. The topological polar surface area (TPSA) is 72.3 Å². The molecule has 0 saturated heterocycles. The number of rotatable bonds is 4. The van der Waals surface area contributed by atoms with Gasteiger partial charge in [0.2, 0.25) is 11.7 Å². The van der Waals surface area contributed by atoms with Crippen LogP contribution in [0.25, 0.3) is 11.0 Å². The minimum atomic E-state index is -0.417. The molecule has 0 spiro atoms. The minimum absolute atomic E-state index is 0.0927. The first-order chi connectivity index (χ1) is 10.7. The SMILES string of the molecule is CCOc1nc2ccccc2nc1C(=O)c1ccccc1O. The van der Waals surface area contributed by atoms with Crippen LogP contribution < -0.4 is 4.74 Å². The molecular formula is C17H14N2O3. The van der Waals surface area contributed by atoms with Gasteiger partial charge < -0.3 is 9.84 Å². The van der Waals surface area contributed by atoms with Gasteiger partial charge in [-0.2, -0.15) is 0 Å². The van der Waals surface area contributed by atoms with Crippen LogP contribution in [-0.4, -0.2) is 27.5 Å². The summed E-state index contributed by atoms with van der Waals surface area (Å²) in [4.78, 5) is 21.4. The lowest BCUT2D eigenvalue weighted by atomic mass is 10.1. The Labute approximate surface area is 127 Å². The maximum atomic E-state index is 12.7. The third-order valence-corrected chi connectivity index (χ3v) is 3.18. The van der Waals surface area contributed by atoms with Crippen molar-refractivity contribution in [2.45, 2.75) is 6.92 Å². The van der Waals surface area contributed by atoms with Crippen LogP contribution in [0, 0.1) is 0 Å². The summed E-state index contributed by atoms with van der Waals surface area (Å²) in [5, 5.41) is 9.87. The standard InChI is InChI=1S/C17H14N2O3/c1-2-22-17-15(16(21)11-7-3-6-10-14(11)20)18-12-8-4-5-9-13(12)19-17/h3-10,20H,2H2,1H3. The Morgan fingerprint density at radius 3 is 2.36 bits per heavy atom. The van der Waals surface area contributed by atoms with E-state index in [0.29, 0.717) is 17.6 Å². The molecule has 0 aliphatic carbocycles. The van der Waals surface area contributed by atoms with E-state index >= 15 is 0 Å². The third kappa shape index (κ3) is 2.48. The van der Waals surface area contributed by atoms with Gasteiger partial charge in [-0.15, -0.1) is 0 Å². The van der Waals surface area contributed by atoms with Crippen molar-refractivity contribution in [2.24, 2.45) is 0 Å². The predicted molar refractivity (Wildman–Crippen MR) is 82.2 cm³/mol. The molecule has 1 aromatic heterocycles. The highest BCUT2D eigenvalue weighted by Gasteiger charge is 2.21. The highest BCUT2D eigenvalue weighted by Crippen LogP contribution is 2.25. The van der Waals surface area contributed by atoms with Gasteiger partial charge in [-0.25, -0.2) is 9.97 Å². The summed E-state index contributed by atoms with van der Waals surface area (Å²) in [6, 6.07) is 13.6. The highest BCUT2D eigenvalue weighted by atomic mass is 16.5. The normalized spacial score (nSPS) is 10.6. The number of para-hydroxylation sites is 3. The first-order valence-electron chi connectivity index (χ1n) is 6.93. The number of hydrogen-bond acceptors (Lipinski definition) is 5. The lowest BCUT2D eigenvalue weighted by molar-refractivity contribution is 0.102. The van der Waals surface area contributed by atoms with Crippen molar-refractivity contribution >= 4 is 16.8 Å². The number of phenols is 1. The molecule has 0 bridgehead atoms. The monoisotopic (exact) mass is 294 g/mol. The number of fused-ring (bicyclic) bond motifs is 1. The largest absolute Gasteiger partial charge is 0.507 e. The van der Waals surface area contributed by atoms with Gasteiger partial charge >= 0.3 is 0 Å². The summed E-state index contributed by atoms with van der Waals surface area (Å²) < 4.78 is 5.45. The second-order valence-corrected chi connectivity index (χ2v) is 4.65. The summed E-state index contributed by atoms with van der Waals surface area (Å²) in [5.74, 6) is -0.334. The summed E-state index contributed by atoms with van der Waals surface area (Å²) >= 11 is 0. The van der Waals surface area contributed by atoms with Gasteiger partial charge in [0.15, 0.2) is 5.69 Å². The van der Waals surface area contributed by atoms with Gasteiger partial charge in [-0.3, -0.25) is 4.79 Å². The van der Waals surface area contributed by atoms with Gasteiger partial charge in [0, 0.05) is 0 Å². The Morgan fingerprint density at radius 1 is 1.05 bits per heavy atom. The van der Waals surface area contributed by atoms with Gasteiger partial charge in [0.05, 0.1) is 23.2 Å². The Morgan fingerprint density at radius 2 is 1.68 bits per heavy atom. The van der Waals surface area contributed by atoms with Gasteiger partial charge in [-0.05, 0) is 31.2 Å². The van der Waals surface area contributed by atoms with E-state index in [2.05, 4.69) is 9.97 Å². The predicted octanol–water partition coefficient (Wildman–Crippen LogP) is 2.97. The maximum absolute atomic E-state index is 12.7. The van der Waals surface area contributed by atoms with Crippen molar-refractivity contribution < 1.29 is 14.6 Å². The number of nitrogens with zero attached hydrogens (tertiary/aromatic N) is 2. The van der Waals surface area contributed by atoms with E-state index in [4.69, 9.17) is 4.74 Å². The highest BCUT2D eigenvalue weighted by molar-refractivity contribution is 6.11.